The van der Waals surface area contributed by atoms with Crippen LogP contribution in [0.15, 0.2) is 65.1 Å². The highest BCUT2D eigenvalue weighted by Gasteiger charge is 2.21. The molecule has 0 saturated heterocycles. The van der Waals surface area contributed by atoms with Crippen LogP contribution < -0.4 is 22.1 Å². The number of nitrogens with one attached hydrogen (secondary N) is 2. The van der Waals surface area contributed by atoms with Crippen molar-refractivity contribution in [1.29, 1.82) is 0 Å². The van der Waals surface area contributed by atoms with E-state index in [1.54, 1.807) is 0 Å². The van der Waals surface area contributed by atoms with Gasteiger partial charge in [0, 0.05) is 23.2 Å². The SMILES string of the molecule is NC(NC1CCC1)c1ccc(-c2ccc(-c3ccc(C(N)NC4CCC4)cc3)o2)cc1. The minimum absolute atomic E-state index is 0.116. The molecule has 2 aromatic carbocycles. The molecule has 0 bridgehead atoms. The summed E-state index contributed by atoms with van der Waals surface area (Å²) >= 11 is 0. The minimum atomic E-state index is -0.116. The van der Waals surface area contributed by atoms with Crippen LogP contribution in [0.3, 0.4) is 0 Å². The topological polar surface area (TPSA) is 89.2 Å². The first-order valence-electron chi connectivity index (χ1n) is 11.5. The van der Waals surface area contributed by atoms with Crippen molar-refractivity contribution in [3.8, 4) is 22.6 Å². The maximum Gasteiger partial charge on any atom is 0.134 e. The monoisotopic (exact) mass is 416 g/mol. The van der Waals surface area contributed by atoms with Gasteiger partial charge in [-0.3, -0.25) is 10.6 Å². The second-order valence-electron chi connectivity index (χ2n) is 8.95. The number of hydrogen-bond donors (Lipinski definition) is 4. The van der Waals surface area contributed by atoms with Gasteiger partial charge in [-0.15, -0.1) is 0 Å². The van der Waals surface area contributed by atoms with Crippen LogP contribution in [0.25, 0.3) is 22.6 Å². The Balaban J connectivity index is 1.24. The van der Waals surface area contributed by atoms with Crippen LogP contribution >= 0.6 is 0 Å². The average Bonchev–Trinajstić information content (AvgIpc) is 3.23. The molecule has 2 aliphatic rings. The van der Waals surface area contributed by atoms with Crippen molar-refractivity contribution < 1.29 is 4.42 Å². The van der Waals surface area contributed by atoms with E-state index in [-0.39, 0.29) is 12.3 Å². The molecule has 5 heteroatoms. The molecule has 2 unspecified atom stereocenters. The molecule has 2 aliphatic carbocycles. The smallest absolute Gasteiger partial charge is 0.134 e. The Hall–Kier alpha value is -2.44. The maximum atomic E-state index is 6.30. The first-order chi connectivity index (χ1) is 15.2. The van der Waals surface area contributed by atoms with Crippen molar-refractivity contribution in [3.05, 3.63) is 71.8 Å². The molecule has 2 fully saturated rings. The van der Waals surface area contributed by atoms with E-state index >= 15 is 0 Å². The summed E-state index contributed by atoms with van der Waals surface area (Å²) in [7, 11) is 0. The summed E-state index contributed by atoms with van der Waals surface area (Å²) < 4.78 is 6.14. The maximum absolute atomic E-state index is 6.30. The van der Waals surface area contributed by atoms with E-state index in [0.717, 1.165) is 33.8 Å². The number of hydrogen-bond acceptors (Lipinski definition) is 5. The Morgan fingerprint density at radius 1 is 0.613 bits per heavy atom. The average molecular weight is 417 g/mol. The molecule has 1 aromatic heterocycles. The van der Waals surface area contributed by atoms with Gasteiger partial charge >= 0.3 is 0 Å². The molecule has 6 N–H and O–H groups in total. The van der Waals surface area contributed by atoms with Crippen LogP contribution in [0.2, 0.25) is 0 Å². The van der Waals surface area contributed by atoms with Gasteiger partial charge in [-0.05, 0) is 48.9 Å². The van der Waals surface area contributed by atoms with Gasteiger partial charge in [0.05, 0.1) is 12.3 Å². The Morgan fingerprint density at radius 2 is 1.00 bits per heavy atom. The quantitative estimate of drug-likeness (QED) is 0.396. The molecular formula is C26H32N4O. The molecule has 0 aliphatic heterocycles. The lowest BCUT2D eigenvalue weighted by atomic mass is 9.92. The summed E-state index contributed by atoms with van der Waals surface area (Å²) in [4.78, 5) is 0. The predicted molar refractivity (Wildman–Crippen MR) is 125 cm³/mol. The molecule has 5 nitrogen and oxygen atoms in total. The van der Waals surface area contributed by atoms with Crippen molar-refractivity contribution in [1.82, 2.24) is 10.6 Å². The van der Waals surface area contributed by atoms with Gasteiger partial charge in [-0.1, -0.05) is 61.4 Å². The Labute approximate surface area is 184 Å². The fraction of sp³-hybridized carbons (Fsp3) is 0.385. The molecule has 1 heterocycles. The van der Waals surface area contributed by atoms with E-state index in [4.69, 9.17) is 15.9 Å². The largest absolute Gasteiger partial charge is 0.456 e. The van der Waals surface area contributed by atoms with Gasteiger partial charge < -0.3 is 15.9 Å². The third-order valence-corrected chi connectivity index (χ3v) is 6.76. The first-order valence-corrected chi connectivity index (χ1v) is 11.5. The summed E-state index contributed by atoms with van der Waals surface area (Å²) in [5.74, 6) is 1.71. The highest BCUT2D eigenvalue weighted by molar-refractivity contribution is 5.65. The van der Waals surface area contributed by atoms with Crippen molar-refractivity contribution in [2.75, 3.05) is 0 Å². The Kier molecular flexibility index (Phi) is 5.92. The third-order valence-electron chi connectivity index (χ3n) is 6.76. The second-order valence-corrected chi connectivity index (χ2v) is 8.95. The highest BCUT2D eigenvalue weighted by Crippen LogP contribution is 2.30. The summed E-state index contributed by atoms with van der Waals surface area (Å²) in [5.41, 5.74) is 16.9. The van der Waals surface area contributed by atoms with Gasteiger partial charge in [0.1, 0.15) is 11.5 Å². The lowest BCUT2D eigenvalue weighted by Crippen LogP contribution is -2.41. The molecule has 2 saturated carbocycles. The molecule has 2 atom stereocenters. The summed E-state index contributed by atoms with van der Waals surface area (Å²) in [5, 5.41) is 6.98. The van der Waals surface area contributed by atoms with Gasteiger partial charge in [-0.25, -0.2) is 0 Å². The normalized spacial score (nSPS) is 18.9. The Bertz CT molecular complexity index is 907. The standard InChI is InChI=1S/C26H32N4O/c27-25(29-21-3-1-4-21)19-11-7-17(8-12-19)23-15-16-24(31-23)18-9-13-20(14-10-18)26(28)30-22-5-2-6-22/h7-16,21-22,25-26,29-30H,1-6,27-28H2. The van der Waals surface area contributed by atoms with Crippen molar-refractivity contribution in [3.63, 3.8) is 0 Å². The zero-order valence-electron chi connectivity index (χ0n) is 17.9. The van der Waals surface area contributed by atoms with Crippen molar-refractivity contribution >= 4 is 0 Å². The van der Waals surface area contributed by atoms with Crippen LogP contribution in [0, 0.1) is 0 Å². The fourth-order valence-corrected chi connectivity index (χ4v) is 4.21. The van der Waals surface area contributed by atoms with E-state index in [9.17, 15) is 0 Å². The molecule has 162 valence electrons. The predicted octanol–water partition coefficient (Wildman–Crippen LogP) is 4.81. The van der Waals surface area contributed by atoms with Crippen LogP contribution in [0.1, 0.15) is 62.0 Å². The zero-order chi connectivity index (χ0) is 21.2. The molecule has 0 spiro atoms. The van der Waals surface area contributed by atoms with E-state index in [0.29, 0.717) is 12.1 Å². The lowest BCUT2D eigenvalue weighted by Gasteiger charge is -2.30. The molecule has 0 amide bonds. The molecule has 3 aromatic rings. The molecule has 31 heavy (non-hydrogen) atoms. The lowest BCUT2D eigenvalue weighted by molar-refractivity contribution is 0.308. The number of benzene rings is 2. The third kappa shape index (κ3) is 4.60. The molecular weight excluding hydrogens is 384 g/mol. The van der Waals surface area contributed by atoms with E-state index in [1.165, 1.54) is 38.5 Å². The second kappa shape index (κ2) is 8.97. The van der Waals surface area contributed by atoms with Crippen LogP contribution in [-0.4, -0.2) is 12.1 Å². The Morgan fingerprint density at radius 3 is 1.32 bits per heavy atom. The first kappa shape index (κ1) is 20.5. The van der Waals surface area contributed by atoms with Crippen LogP contribution in [0.5, 0.6) is 0 Å². The summed E-state index contributed by atoms with van der Waals surface area (Å²) in [6.07, 6.45) is 7.28. The summed E-state index contributed by atoms with van der Waals surface area (Å²) in [6.45, 7) is 0. The fourth-order valence-electron chi connectivity index (χ4n) is 4.21. The van der Waals surface area contributed by atoms with E-state index in [1.807, 2.05) is 12.1 Å². The molecule has 0 radical (unpaired) electrons. The number of nitrogens with two attached hydrogens (primary N) is 2. The van der Waals surface area contributed by atoms with Crippen LogP contribution in [-0.2, 0) is 0 Å². The molecule has 5 rings (SSSR count). The van der Waals surface area contributed by atoms with Crippen LogP contribution in [0.4, 0.5) is 0 Å². The zero-order valence-corrected chi connectivity index (χ0v) is 17.9. The van der Waals surface area contributed by atoms with Gasteiger partial charge in [0.2, 0.25) is 0 Å². The van der Waals surface area contributed by atoms with Crippen molar-refractivity contribution in [2.45, 2.75) is 62.9 Å². The minimum Gasteiger partial charge on any atom is -0.456 e. The van der Waals surface area contributed by atoms with Crippen molar-refractivity contribution in [2.24, 2.45) is 11.5 Å². The van der Waals surface area contributed by atoms with Gasteiger partial charge in [0.15, 0.2) is 0 Å². The summed E-state index contributed by atoms with van der Waals surface area (Å²) in [6, 6.07) is 21.8. The number of furan rings is 1. The highest BCUT2D eigenvalue weighted by atomic mass is 16.3. The van der Waals surface area contributed by atoms with Gasteiger partial charge in [-0.2, -0.15) is 0 Å². The van der Waals surface area contributed by atoms with Gasteiger partial charge in [0.25, 0.3) is 0 Å². The number of rotatable bonds is 8. The van der Waals surface area contributed by atoms with E-state index < -0.39 is 0 Å². The van der Waals surface area contributed by atoms with E-state index in [2.05, 4.69) is 59.2 Å².